The van der Waals surface area contributed by atoms with Crippen LogP contribution >= 0.6 is 0 Å². The molecule has 16 heavy (non-hydrogen) atoms. The number of hydrogen-bond acceptors (Lipinski definition) is 0. The minimum absolute atomic E-state index is 0.645. The standard InChI is InChI=1S/C15H29B/c1-11(2)13(5)15(16(6)12(3)4)14-9-7-8-10-14/h11-12,14-15H,5,7-10H2,1-4,6H3. The van der Waals surface area contributed by atoms with Crippen LogP contribution in [0.25, 0.3) is 0 Å². The molecule has 0 amide bonds. The third-order valence-electron chi connectivity index (χ3n) is 4.70. The molecule has 0 N–H and O–H groups in total. The monoisotopic (exact) mass is 220 g/mol. The number of hydrogen-bond donors (Lipinski definition) is 0. The molecule has 1 unspecified atom stereocenters. The van der Waals surface area contributed by atoms with Crippen LogP contribution in [-0.4, -0.2) is 6.71 Å². The van der Waals surface area contributed by atoms with E-state index in [2.05, 4.69) is 41.1 Å². The fourth-order valence-corrected chi connectivity index (χ4v) is 3.19. The average Bonchev–Trinajstić information content (AvgIpc) is 2.70. The molecule has 1 saturated carbocycles. The fourth-order valence-electron chi connectivity index (χ4n) is 3.19. The van der Waals surface area contributed by atoms with Crippen LogP contribution in [0.5, 0.6) is 0 Å². The molecule has 1 rings (SSSR count). The molecule has 0 heterocycles. The van der Waals surface area contributed by atoms with E-state index in [-0.39, 0.29) is 0 Å². The lowest BCUT2D eigenvalue weighted by atomic mass is 9.32. The van der Waals surface area contributed by atoms with E-state index in [1.54, 1.807) is 0 Å². The first-order chi connectivity index (χ1) is 7.45. The summed E-state index contributed by atoms with van der Waals surface area (Å²) in [6, 6.07) is 0. The highest BCUT2D eigenvalue weighted by Gasteiger charge is 2.34. The number of allylic oxidation sites excluding steroid dienone is 1. The van der Waals surface area contributed by atoms with Crippen molar-refractivity contribution in [3.63, 3.8) is 0 Å². The third kappa shape index (κ3) is 3.15. The first kappa shape index (κ1) is 13.9. The lowest BCUT2D eigenvalue weighted by Crippen LogP contribution is -2.28. The molecule has 0 saturated heterocycles. The van der Waals surface area contributed by atoms with Gasteiger partial charge < -0.3 is 0 Å². The molecular weight excluding hydrogens is 191 g/mol. The minimum Gasteiger partial charge on any atom is -0.100 e. The summed E-state index contributed by atoms with van der Waals surface area (Å²) in [5.41, 5.74) is 1.51. The van der Waals surface area contributed by atoms with Gasteiger partial charge in [0.25, 0.3) is 0 Å². The largest absolute Gasteiger partial charge is 0.147 e. The van der Waals surface area contributed by atoms with E-state index in [1.807, 2.05) is 0 Å². The molecule has 1 aliphatic rings. The summed E-state index contributed by atoms with van der Waals surface area (Å²) in [5, 5.41) is 0. The summed E-state index contributed by atoms with van der Waals surface area (Å²) in [7, 11) is 0. The molecule has 1 atom stereocenters. The Morgan fingerprint density at radius 1 is 1.12 bits per heavy atom. The van der Waals surface area contributed by atoms with Gasteiger partial charge in [-0.3, -0.25) is 0 Å². The molecule has 0 radical (unpaired) electrons. The molecule has 0 nitrogen and oxygen atoms in total. The van der Waals surface area contributed by atoms with E-state index in [1.165, 1.54) is 31.3 Å². The molecule has 0 bridgehead atoms. The van der Waals surface area contributed by atoms with Crippen molar-refractivity contribution in [2.45, 2.75) is 71.8 Å². The Labute approximate surface area is 103 Å². The Morgan fingerprint density at radius 3 is 2.00 bits per heavy atom. The van der Waals surface area contributed by atoms with Gasteiger partial charge in [-0.25, -0.2) is 0 Å². The Hall–Kier alpha value is -0.195. The zero-order valence-corrected chi connectivity index (χ0v) is 11.9. The van der Waals surface area contributed by atoms with Crippen molar-refractivity contribution < 1.29 is 0 Å². The van der Waals surface area contributed by atoms with E-state index in [9.17, 15) is 0 Å². The molecule has 1 fully saturated rings. The Kier molecular flexibility index (Phi) is 5.14. The Morgan fingerprint density at radius 2 is 1.62 bits per heavy atom. The molecule has 0 aromatic carbocycles. The van der Waals surface area contributed by atoms with Crippen LogP contribution in [0.3, 0.4) is 0 Å². The SMILES string of the molecule is C=C(C(C)C)C(B(C)C(C)C)C1CCCC1. The van der Waals surface area contributed by atoms with Gasteiger partial charge in [-0.15, -0.1) is 6.58 Å². The Balaban J connectivity index is 2.79. The summed E-state index contributed by atoms with van der Waals surface area (Å²) in [6.07, 6.45) is 5.76. The highest BCUT2D eigenvalue weighted by Crippen LogP contribution is 2.44. The first-order valence-corrected chi connectivity index (χ1v) is 7.13. The topological polar surface area (TPSA) is 0 Å². The van der Waals surface area contributed by atoms with Gasteiger partial charge >= 0.3 is 0 Å². The third-order valence-corrected chi connectivity index (χ3v) is 4.70. The van der Waals surface area contributed by atoms with Crippen LogP contribution in [0.4, 0.5) is 0 Å². The average molecular weight is 220 g/mol. The van der Waals surface area contributed by atoms with Crippen molar-refractivity contribution in [1.82, 2.24) is 0 Å². The van der Waals surface area contributed by atoms with E-state index >= 15 is 0 Å². The fraction of sp³-hybridized carbons (Fsp3) is 0.867. The van der Waals surface area contributed by atoms with Crippen molar-refractivity contribution in [3.8, 4) is 0 Å². The van der Waals surface area contributed by atoms with Crippen molar-refractivity contribution in [1.29, 1.82) is 0 Å². The maximum atomic E-state index is 4.40. The van der Waals surface area contributed by atoms with E-state index < -0.39 is 0 Å². The van der Waals surface area contributed by atoms with E-state index in [0.29, 0.717) is 5.92 Å². The zero-order chi connectivity index (χ0) is 12.3. The van der Waals surface area contributed by atoms with Gasteiger partial charge in [0.2, 0.25) is 0 Å². The van der Waals surface area contributed by atoms with Gasteiger partial charge in [0, 0.05) is 0 Å². The predicted octanol–water partition coefficient (Wildman–Crippen LogP) is 5.29. The van der Waals surface area contributed by atoms with E-state index in [0.717, 1.165) is 24.3 Å². The lowest BCUT2D eigenvalue weighted by Gasteiger charge is -2.33. The molecular formula is C15H29B. The lowest BCUT2D eigenvalue weighted by molar-refractivity contribution is 0.504. The van der Waals surface area contributed by atoms with Gasteiger partial charge in [-0.05, 0) is 17.7 Å². The maximum Gasteiger partial charge on any atom is 0.147 e. The zero-order valence-electron chi connectivity index (χ0n) is 11.9. The molecule has 1 aliphatic carbocycles. The van der Waals surface area contributed by atoms with Crippen molar-refractivity contribution in [2.24, 2.45) is 11.8 Å². The van der Waals surface area contributed by atoms with Crippen molar-refractivity contribution >= 4 is 6.71 Å². The normalized spacial score (nSPS) is 19.4. The second-order valence-corrected chi connectivity index (χ2v) is 6.40. The first-order valence-electron chi connectivity index (χ1n) is 7.13. The molecule has 0 aliphatic heterocycles. The summed E-state index contributed by atoms with van der Waals surface area (Å²) >= 11 is 0. The van der Waals surface area contributed by atoms with Crippen LogP contribution in [0, 0.1) is 11.8 Å². The predicted molar refractivity (Wildman–Crippen MR) is 76.4 cm³/mol. The van der Waals surface area contributed by atoms with Gasteiger partial charge in [0.05, 0.1) is 0 Å². The highest BCUT2D eigenvalue weighted by atomic mass is 14.3. The summed E-state index contributed by atoms with van der Waals surface area (Å²) < 4.78 is 0. The molecule has 0 aromatic heterocycles. The number of rotatable bonds is 5. The maximum absolute atomic E-state index is 4.40. The smallest absolute Gasteiger partial charge is 0.100 e. The molecule has 0 spiro atoms. The van der Waals surface area contributed by atoms with Crippen molar-refractivity contribution in [3.05, 3.63) is 12.2 Å². The summed E-state index contributed by atoms with van der Waals surface area (Å²) in [5.74, 6) is 3.11. The molecule has 1 heteroatoms. The second kappa shape index (κ2) is 5.93. The summed E-state index contributed by atoms with van der Waals surface area (Å²) in [6.45, 7) is 17.0. The van der Waals surface area contributed by atoms with Gasteiger partial charge in [0.15, 0.2) is 0 Å². The van der Waals surface area contributed by atoms with Gasteiger partial charge in [-0.1, -0.05) is 71.6 Å². The summed E-state index contributed by atoms with van der Waals surface area (Å²) in [4.78, 5) is 0. The van der Waals surface area contributed by atoms with Crippen LogP contribution < -0.4 is 0 Å². The minimum atomic E-state index is 0.645. The van der Waals surface area contributed by atoms with E-state index in [4.69, 9.17) is 0 Å². The van der Waals surface area contributed by atoms with Crippen LogP contribution in [-0.2, 0) is 0 Å². The Bertz CT molecular complexity index is 222. The quantitative estimate of drug-likeness (QED) is 0.436. The molecule has 92 valence electrons. The van der Waals surface area contributed by atoms with Crippen molar-refractivity contribution in [2.75, 3.05) is 0 Å². The van der Waals surface area contributed by atoms with Gasteiger partial charge in [-0.2, -0.15) is 0 Å². The molecule has 0 aromatic rings. The van der Waals surface area contributed by atoms with Crippen LogP contribution in [0.1, 0.15) is 53.4 Å². The van der Waals surface area contributed by atoms with Gasteiger partial charge in [0.1, 0.15) is 6.71 Å². The van der Waals surface area contributed by atoms with Crippen LogP contribution in [0.15, 0.2) is 12.2 Å². The second-order valence-electron chi connectivity index (χ2n) is 6.40. The van der Waals surface area contributed by atoms with Crippen LogP contribution in [0.2, 0.25) is 18.5 Å². The highest BCUT2D eigenvalue weighted by molar-refractivity contribution is 6.61.